The van der Waals surface area contributed by atoms with Crippen LogP contribution in [-0.4, -0.2) is 19.9 Å². The molecule has 126 valence electrons. The van der Waals surface area contributed by atoms with Gasteiger partial charge in [-0.15, -0.1) is 0 Å². The molecule has 0 fully saturated rings. The smallest absolute Gasteiger partial charge is 0.229 e. The summed E-state index contributed by atoms with van der Waals surface area (Å²) in [5, 5.41) is 7.57. The van der Waals surface area contributed by atoms with Crippen LogP contribution < -0.4 is 5.32 Å². The number of anilines is 1. The maximum absolute atomic E-state index is 12.5. The number of nitrogens with zero attached hydrogens (tertiary/aromatic N) is 2. The Balaban J connectivity index is 1.66. The van der Waals surface area contributed by atoms with Gasteiger partial charge in [-0.25, -0.2) is 4.68 Å². The topological polar surface area (TPSA) is 64.0 Å². The lowest BCUT2D eigenvalue weighted by atomic mass is 10.1. The highest BCUT2D eigenvalue weighted by Gasteiger charge is 2.28. The van der Waals surface area contributed by atoms with Crippen LogP contribution in [0.5, 0.6) is 0 Å². The summed E-state index contributed by atoms with van der Waals surface area (Å²) in [5.41, 5.74) is 3.50. The fraction of sp³-hybridized carbons (Fsp3) is 0.158. The molecule has 5 nitrogen and oxygen atoms in total. The van der Waals surface area contributed by atoms with Crippen LogP contribution in [0.25, 0.3) is 5.69 Å². The van der Waals surface area contributed by atoms with E-state index in [1.807, 2.05) is 60.7 Å². The first-order valence-corrected chi connectivity index (χ1v) is 9.54. The first-order chi connectivity index (χ1) is 12.2. The Bertz CT molecular complexity index is 936. The first kappa shape index (κ1) is 15.8. The molecule has 2 aromatic carbocycles. The van der Waals surface area contributed by atoms with Crippen LogP contribution in [0.3, 0.4) is 0 Å². The molecule has 0 saturated carbocycles. The summed E-state index contributed by atoms with van der Waals surface area (Å²) in [5.74, 6) is 1.40. The van der Waals surface area contributed by atoms with Gasteiger partial charge in [-0.1, -0.05) is 48.5 Å². The lowest BCUT2D eigenvalue weighted by Gasteiger charge is -2.11. The molecular formula is C19H17N3O2S. The van der Waals surface area contributed by atoms with Gasteiger partial charge >= 0.3 is 0 Å². The molecule has 1 N–H and O–H groups in total. The summed E-state index contributed by atoms with van der Waals surface area (Å²) in [6.07, 6.45) is 0.290. The van der Waals surface area contributed by atoms with E-state index in [2.05, 4.69) is 10.4 Å². The van der Waals surface area contributed by atoms with E-state index in [9.17, 15) is 9.00 Å². The maximum Gasteiger partial charge on any atom is 0.229 e. The van der Waals surface area contributed by atoms with Crippen LogP contribution in [0.2, 0.25) is 0 Å². The van der Waals surface area contributed by atoms with Crippen LogP contribution in [0.4, 0.5) is 5.82 Å². The third kappa shape index (κ3) is 3.25. The quantitative estimate of drug-likeness (QED) is 0.786. The van der Waals surface area contributed by atoms with Gasteiger partial charge in [0.25, 0.3) is 0 Å². The average molecular weight is 351 g/mol. The number of nitrogens with one attached hydrogen (secondary N) is 1. The van der Waals surface area contributed by atoms with Gasteiger partial charge in [0.1, 0.15) is 5.82 Å². The summed E-state index contributed by atoms with van der Waals surface area (Å²) < 4.78 is 13.6. The fourth-order valence-electron chi connectivity index (χ4n) is 2.97. The van der Waals surface area contributed by atoms with E-state index >= 15 is 0 Å². The van der Waals surface area contributed by atoms with Gasteiger partial charge < -0.3 is 5.32 Å². The second kappa shape index (κ2) is 6.64. The molecule has 0 radical (unpaired) electrons. The van der Waals surface area contributed by atoms with Crippen molar-refractivity contribution in [2.24, 2.45) is 0 Å². The summed E-state index contributed by atoms with van der Waals surface area (Å²) in [4.78, 5) is 12.5. The molecule has 6 heteroatoms. The van der Waals surface area contributed by atoms with E-state index in [-0.39, 0.29) is 5.91 Å². The molecule has 1 aliphatic heterocycles. The van der Waals surface area contributed by atoms with E-state index < -0.39 is 10.8 Å². The summed E-state index contributed by atoms with van der Waals surface area (Å²) in [6, 6.07) is 19.3. The molecular weight excluding hydrogens is 334 g/mol. The molecule has 0 bridgehead atoms. The Morgan fingerprint density at radius 2 is 1.72 bits per heavy atom. The maximum atomic E-state index is 12.5. The van der Waals surface area contributed by atoms with Crippen molar-refractivity contribution in [3.63, 3.8) is 0 Å². The number of rotatable bonds is 4. The van der Waals surface area contributed by atoms with Gasteiger partial charge in [-0.3, -0.25) is 9.00 Å². The molecule has 2 heterocycles. The zero-order valence-corrected chi connectivity index (χ0v) is 14.3. The van der Waals surface area contributed by atoms with Gasteiger partial charge in [-0.2, -0.15) is 5.10 Å². The predicted molar refractivity (Wildman–Crippen MR) is 97.9 cm³/mol. The number of carbonyl (C=O) groups excluding carboxylic acids is 1. The Labute approximate surface area is 148 Å². The summed E-state index contributed by atoms with van der Waals surface area (Å²) in [6.45, 7) is 0. The van der Waals surface area contributed by atoms with Crippen LogP contribution in [0.15, 0.2) is 60.7 Å². The predicted octanol–water partition coefficient (Wildman–Crippen LogP) is 2.82. The zero-order chi connectivity index (χ0) is 17.2. The highest BCUT2D eigenvalue weighted by molar-refractivity contribution is 7.83. The monoisotopic (exact) mass is 351 g/mol. The fourth-order valence-corrected chi connectivity index (χ4v) is 4.23. The van der Waals surface area contributed by atoms with Crippen molar-refractivity contribution in [1.29, 1.82) is 0 Å². The molecule has 1 aromatic heterocycles. The van der Waals surface area contributed by atoms with Gasteiger partial charge in [0.2, 0.25) is 5.91 Å². The van der Waals surface area contributed by atoms with Crippen molar-refractivity contribution in [1.82, 2.24) is 9.78 Å². The second-order valence-electron chi connectivity index (χ2n) is 5.96. The average Bonchev–Trinajstić information content (AvgIpc) is 3.14. The highest BCUT2D eigenvalue weighted by Crippen LogP contribution is 2.31. The van der Waals surface area contributed by atoms with E-state index in [0.29, 0.717) is 23.7 Å². The Morgan fingerprint density at radius 1 is 1.04 bits per heavy atom. The Kier molecular flexibility index (Phi) is 4.19. The number of amides is 1. The van der Waals surface area contributed by atoms with Crippen LogP contribution in [0, 0.1) is 0 Å². The first-order valence-electron chi connectivity index (χ1n) is 8.05. The molecule has 0 spiro atoms. The Morgan fingerprint density at radius 3 is 2.44 bits per heavy atom. The molecule has 3 aromatic rings. The molecule has 0 aliphatic carbocycles. The minimum Gasteiger partial charge on any atom is -0.310 e. The molecule has 4 rings (SSSR count). The third-order valence-corrected chi connectivity index (χ3v) is 5.34. The van der Waals surface area contributed by atoms with Gasteiger partial charge in [-0.05, 0) is 17.7 Å². The molecule has 1 amide bonds. The van der Waals surface area contributed by atoms with E-state index in [1.165, 1.54) is 0 Å². The van der Waals surface area contributed by atoms with Crippen molar-refractivity contribution in [2.45, 2.75) is 17.9 Å². The standard InChI is InChI=1S/C19H17N3O2S/c23-18(11-14-7-3-1-4-8-14)20-19-16-12-25(24)13-17(16)21-22(19)15-9-5-2-6-10-15/h1-10H,11-13H2,(H,20,23)/t25-/m0/s1. The number of carbonyl (C=O) groups is 1. The van der Waals surface area contributed by atoms with E-state index in [1.54, 1.807) is 4.68 Å². The lowest BCUT2D eigenvalue weighted by molar-refractivity contribution is -0.115. The van der Waals surface area contributed by atoms with Gasteiger partial charge in [0.15, 0.2) is 0 Å². The van der Waals surface area contributed by atoms with Crippen LogP contribution in [-0.2, 0) is 33.5 Å². The van der Waals surface area contributed by atoms with Crippen molar-refractivity contribution in [3.8, 4) is 5.69 Å². The van der Waals surface area contributed by atoms with Crippen LogP contribution in [0.1, 0.15) is 16.8 Å². The minimum atomic E-state index is -0.943. The van der Waals surface area contributed by atoms with Gasteiger partial charge in [0, 0.05) is 16.4 Å². The number of hydrogen-bond donors (Lipinski definition) is 1. The second-order valence-corrected chi connectivity index (χ2v) is 7.42. The summed E-state index contributed by atoms with van der Waals surface area (Å²) in [7, 11) is -0.943. The molecule has 0 saturated heterocycles. The van der Waals surface area contributed by atoms with Crippen LogP contribution >= 0.6 is 0 Å². The number of benzene rings is 2. The minimum absolute atomic E-state index is 0.108. The third-order valence-electron chi connectivity index (χ3n) is 4.14. The number of para-hydroxylation sites is 1. The van der Waals surface area contributed by atoms with Crippen molar-refractivity contribution < 1.29 is 9.00 Å². The normalized spacial score (nSPS) is 15.8. The van der Waals surface area contributed by atoms with Crippen molar-refractivity contribution in [2.75, 3.05) is 5.32 Å². The lowest BCUT2D eigenvalue weighted by Crippen LogP contribution is -2.18. The summed E-state index contributed by atoms with van der Waals surface area (Å²) >= 11 is 0. The molecule has 0 unspecified atom stereocenters. The number of fused-ring (bicyclic) bond motifs is 1. The highest BCUT2D eigenvalue weighted by atomic mass is 32.2. The number of aromatic nitrogens is 2. The Hall–Kier alpha value is -2.73. The SMILES string of the molecule is O=C(Cc1ccccc1)Nc1c2c(nn1-c1ccccc1)C[S@@](=O)C2. The molecule has 1 atom stereocenters. The zero-order valence-electron chi connectivity index (χ0n) is 13.5. The molecule has 1 aliphatic rings. The molecule has 25 heavy (non-hydrogen) atoms. The van der Waals surface area contributed by atoms with Crippen molar-refractivity contribution in [3.05, 3.63) is 77.5 Å². The largest absolute Gasteiger partial charge is 0.310 e. The van der Waals surface area contributed by atoms with E-state index in [4.69, 9.17) is 0 Å². The van der Waals surface area contributed by atoms with Crippen molar-refractivity contribution >= 4 is 22.5 Å². The van der Waals surface area contributed by atoms with Gasteiger partial charge in [0.05, 0.1) is 29.3 Å². The van der Waals surface area contributed by atoms with E-state index in [0.717, 1.165) is 22.5 Å². The number of hydrogen-bond acceptors (Lipinski definition) is 3.